The van der Waals surface area contributed by atoms with Crippen LogP contribution in [0.3, 0.4) is 0 Å². The SMILES string of the molecule is CCOC1=C(C)C(=O)NC(=O)NC1c1ccc([N+](=O)[O-])cc1. The molecule has 0 aromatic heterocycles. The number of benzene rings is 1. The molecule has 1 aromatic carbocycles. The van der Waals surface area contributed by atoms with Crippen molar-refractivity contribution in [3.63, 3.8) is 0 Å². The molecule has 2 rings (SSSR count). The number of hydrogen-bond acceptors (Lipinski definition) is 5. The van der Waals surface area contributed by atoms with E-state index in [1.165, 1.54) is 24.3 Å². The van der Waals surface area contributed by atoms with Crippen molar-refractivity contribution in [1.29, 1.82) is 0 Å². The smallest absolute Gasteiger partial charge is 0.322 e. The van der Waals surface area contributed by atoms with Crippen molar-refractivity contribution >= 4 is 17.6 Å². The van der Waals surface area contributed by atoms with E-state index in [1.54, 1.807) is 13.8 Å². The number of non-ortho nitro benzene ring substituents is 1. The van der Waals surface area contributed by atoms with Crippen LogP contribution in [0.1, 0.15) is 25.5 Å². The molecule has 0 saturated carbocycles. The molecule has 0 bridgehead atoms. The van der Waals surface area contributed by atoms with E-state index in [4.69, 9.17) is 4.74 Å². The number of urea groups is 1. The van der Waals surface area contributed by atoms with Gasteiger partial charge >= 0.3 is 6.03 Å². The number of nitrogens with zero attached hydrogens (tertiary/aromatic N) is 1. The Kier molecular flexibility index (Phi) is 4.40. The molecule has 0 saturated heterocycles. The van der Waals surface area contributed by atoms with Crippen molar-refractivity contribution in [3.8, 4) is 0 Å². The van der Waals surface area contributed by atoms with Gasteiger partial charge in [0, 0.05) is 12.1 Å². The van der Waals surface area contributed by atoms with E-state index >= 15 is 0 Å². The molecular weight excluding hydrogens is 290 g/mol. The van der Waals surface area contributed by atoms with E-state index in [0.29, 0.717) is 17.9 Å². The standard InChI is InChI=1S/C14H15N3O5/c1-3-22-12-8(2)13(18)16-14(19)15-11(12)9-4-6-10(7-5-9)17(20)21/h4-7,11H,3H2,1-2H3,(H2,15,16,18,19). The van der Waals surface area contributed by atoms with Gasteiger partial charge in [-0.3, -0.25) is 20.2 Å². The van der Waals surface area contributed by atoms with Crippen LogP contribution in [0.5, 0.6) is 0 Å². The zero-order chi connectivity index (χ0) is 16.3. The third-order valence-corrected chi connectivity index (χ3v) is 3.21. The minimum absolute atomic E-state index is 0.0587. The van der Waals surface area contributed by atoms with Crippen molar-refractivity contribution in [2.24, 2.45) is 0 Å². The number of carbonyl (C=O) groups is 2. The zero-order valence-corrected chi connectivity index (χ0v) is 12.1. The lowest BCUT2D eigenvalue weighted by atomic mass is 10.0. The van der Waals surface area contributed by atoms with Crippen molar-refractivity contribution in [1.82, 2.24) is 10.6 Å². The summed E-state index contributed by atoms with van der Waals surface area (Å²) in [6.07, 6.45) is 0. The number of imide groups is 1. The number of rotatable bonds is 4. The number of nitro benzene ring substituents is 1. The summed E-state index contributed by atoms with van der Waals surface area (Å²) in [6.45, 7) is 3.64. The highest BCUT2D eigenvalue weighted by Crippen LogP contribution is 2.28. The van der Waals surface area contributed by atoms with Crippen LogP contribution in [0.25, 0.3) is 0 Å². The summed E-state index contributed by atoms with van der Waals surface area (Å²) in [5.74, 6) is -0.218. The second kappa shape index (κ2) is 6.25. The van der Waals surface area contributed by atoms with Gasteiger partial charge in [-0.15, -0.1) is 0 Å². The Balaban J connectivity index is 2.45. The average molecular weight is 305 g/mol. The van der Waals surface area contributed by atoms with Gasteiger partial charge in [0.2, 0.25) is 0 Å². The highest BCUT2D eigenvalue weighted by Gasteiger charge is 2.29. The number of ether oxygens (including phenoxy) is 1. The fourth-order valence-electron chi connectivity index (χ4n) is 2.13. The minimum Gasteiger partial charge on any atom is -0.495 e. The van der Waals surface area contributed by atoms with E-state index in [-0.39, 0.29) is 11.3 Å². The van der Waals surface area contributed by atoms with Gasteiger partial charge in [0.15, 0.2) is 0 Å². The van der Waals surface area contributed by atoms with Crippen molar-refractivity contribution < 1.29 is 19.2 Å². The number of nitro groups is 1. The molecule has 0 spiro atoms. The Morgan fingerprint density at radius 3 is 2.45 bits per heavy atom. The minimum atomic E-state index is -0.688. The molecule has 3 amide bonds. The third kappa shape index (κ3) is 3.05. The average Bonchev–Trinajstić information content (AvgIpc) is 2.59. The first-order chi connectivity index (χ1) is 10.4. The topological polar surface area (TPSA) is 111 Å². The Morgan fingerprint density at radius 1 is 1.27 bits per heavy atom. The molecule has 0 fully saturated rings. The summed E-state index contributed by atoms with van der Waals surface area (Å²) in [5, 5.41) is 15.5. The molecular formula is C14H15N3O5. The van der Waals surface area contributed by atoms with Gasteiger partial charge in [0.1, 0.15) is 11.8 Å². The number of amides is 3. The van der Waals surface area contributed by atoms with Gasteiger partial charge in [-0.05, 0) is 31.5 Å². The molecule has 1 aliphatic rings. The summed E-state index contributed by atoms with van der Waals surface area (Å²) in [4.78, 5) is 33.7. The van der Waals surface area contributed by atoms with Crippen molar-refractivity contribution in [2.45, 2.75) is 19.9 Å². The summed E-state index contributed by atoms with van der Waals surface area (Å²) < 4.78 is 5.51. The first-order valence-corrected chi connectivity index (χ1v) is 6.63. The maximum absolute atomic E-state index is 11.8. The number of nitrogens with one attached hydrogen (secondary N) is 2. The molecule has 1 aromatic rings. The second-order valence-electron chi connectivity index (χ2n) is 4.63. The van der Waals surface area contributed by atoms with Crippen LogP contribution in [-0.2, 0) is 9.53 Å². The lowest BCUT2D eigenvalue weighted by Gasteiger charge is -2.20. The van der Waals surface area contributed by atoms with Gasteiger partial charge in [0.25, 0.3) is 11.6 Å². The molecule has 8 heteroatoms. The van der Waals surface area contributed by atoms with E-state index in [0.717, 1.165) is 0 Å². The first kappa shape index (κ1) is 15.5. The van der Waals surface area contributed by atoms with Crippen LogP contribution in [0.15, 0.2) is 35.6 Å². The number of hydrogen-bond donors (Lipinski definition) is 2. The van der Waals surface area contributed by atoms with Gasteiger partial charge in [-0.2, -0.15) is 0 Å². The molecule has 1 aliphatic heterocycles. The predicted molar refractivity (Wildman–Crippen MR) is 76.8 cm³/mol. The van der Waals surface area contributed by atoms with Crippen LogP contribution in [-0.4, -0.2) is 23.5 Å². The van der Waals surface area contributed by atoms with Crippen molar-refractivity contribution in [3.05, 3.63) is 51.3 Å². The fraction of sp³-hybridized carbons (Fsp3) is 0.286. The van der Waals surface area contributed by atoms with Gasteiger partial charge in [-0.1, -0.05) is 0 Å². The highest BCUT2D eigenvalue weighted by atomic mass is 16.6. The third-order valence-electron chi connectivity index (χ3n) is 3.21. The predicted octanol–water partition coefficient (Wildman–Crippen LogP) is 1.79. The lowest BCUT2D eigenvalue weighted by Crippen LogP contribution is -2.38. The first-order valence-electron chi connectivity index (χ1n) is 6.63. The molecule has 1 heterocycles. The monoisotopic (exact) mass is 305 g/mol. The maximum atomic E-state index is 11.8. The normalized spacial score (nSPS) is 18.4. The van der Waals surface area contributed by atoms with Gasteiger partial charge in [-0.25, -0.2) is 4.79 Å². The zero-order valence-electron chi connectivity index (χ0n) is 12.1. The Bertz CT molecular complexity index is 651. The summed E-state index contributed by atoms with van der Waals surface area (Å²) in [6, 6.07) is 4.37. The van der Waals surface area contributed by atoms with E-state index < -0.39 is 22.9 Å². The Morgan fingerprint density at radius 2 is 1.91 bits per heavy atom. The second-order valence-corrected chi connectivity index (χ2v) is 4.63. The number of carbonyl (C=O) groups excluding carboxylic acids is 2. The quantitative estimate of drug-likeness (QED) is 0.650. The molecule has 1 atom stereocenters. The van der Waals surface area contributed by atoms with Crippen LogP contribution < -0.4 is 10.6 Å². The van der Waals surface area contributed by atoms with Crippen LogP contribution >= 0.6 is 0 Å². The fourth-order valence-corrected chi connectivity index (χ4v) is 2.13. The summed E-state index contributed by atoms with van der Waals surface area (Å²) in [5.41, 5.74) is 0.804. The van der Waals surface area contributed by atoms with E-state index in [1.807, 2.05) is 0 Å². The molecule has 0 aliphatic carbocycles. The van der Waals surface area contributed by atoms with Crippen molar-refractivity contribution in [2.75, 3.05) is 6.61 Å². The Hall–Kier alpha value is -2.90. The lowest BCUT2D eigenvalue weighted by molar-refractivity contribution is -0.384. The van der Waals surface area contributed by atoms with Crippen LogP contribution in [0.4, 0.5) is 10.5 Å². The maximum Gasteiger partial charge on any atom is 0.322 e. The highest BCUT2D eigenvalue weighted by molar-refractivity contribution is 6.05. The molecule has 22 heavy (non-hydrogen) atoms. The van der Waals surface area contributed by atoms with E-state index in [2.05, 4.69) is 10.6 Å². The molecule has 116 valence electrons. The van der Waals surface area contributed by atoms with Gasteiger partial charge < -0.3 is 10.1 Å². The van der Waals surface area contributed by atoms with Gasteiger partial charge in [0.05, 0.1) is 17.1 Å². The molecule has 1 unspecified atom stereocenters. The molecule has 0 radical (unpaired) electrons. The van der Waals surface area contributed by atoms with Crippen LogP contribution in [0, 0.1) is 10.1 Å². The summed E-state index contributed by atoms with van der Waals surface area (Å²) >= 11 is 0. The largest absolute Gasteiger partial charge is 0.495 e. The van der Waals surface area contributed by atoms with E-state index in [9.17, 15) is 19.7 Å². The Labute approximate surface area is 126 Å². The summed E-state index contributed by atoms with van der Waals surface area (Å²) in [7, 11) is 0. The molecule has 8 nitrogen and oxygen atoms in total. The molecule has 2 N–H and O–H groups in total. The van der Waals surface area contributed by atoms with Crippen LogP contribution in [0.2, 0.25) is 0 Å².